The number of aryl methyl sites for hydroxylation is 1. The van der Waals surface area contributed by atoms with E-state index in [-0.39, 0.29) is 60.6 Å². The van der Waals surface area contributed by atoms with Crippen LogP contribution in [0.3, 0.4) is 0 Å². The molecule has 0 spiro atoms. The van der Waals surface area contributed by atoms with Gasteiger partial charge < -0.3 is 20.1 Å². The summed E-state index contributed by atoms with van der Waals surface area (Å²) in [7, 11) is 3.75. The molecule has 0 aliphatic carbocycles. The number of nitrogens with zero attached hydrogens (tertiary/aromatic N) is 3. The zero-order valence-electron chi connectivity index (χ0n) is 33.9. The number of benzene rings is 1. The second-order valence-electron chi connectivity index (χ2n) is 15.7. The van der Waals surface area contributed by atoms with Crippen LogP contribution in [0.2, 0.25) is 0 Å². The number of likely N-dealkylation sites (N-methyl/N-ethyl adjacent to an activating group) is 1. The largest absolute Gasteiger partial charge is 0.481 e. The Labute approximate surface area is 326 Å². The predicted molar refractivity (Wildman–Crippen MR) is 212 cm³/mol. The van der Waals surface area contributed by atoms with Crippen LogP contribution in [0, 0.1) is 23.7 Å². The minimum absolute atomic E-state index is 0.00218. The van der Waals surface area contributed by atoms with Gasteiger partial charge >= 0.3 is 11.9 Å². The molecule has 0 saturated carbocycles. The van der Waals surface area contributed by atoms with E-state index in [0.29, 0.717) is 11.4 Å². The number of ether oxygens (including phenoxy) is 1. The van der Waals surface area contributed by atoms with Crippen molar-refractivity contribution in [2.75, 3.05) is 20.6 Å². The van der Waals surface area contributed by atoms with E-state index >= 15 is 0 Å². The van der Waals surface area contributed by atoms with Gasteiger partial charge in [0.15, 0.2) is 11.9 Å². The summed E-state index contributed by atoms with van der Waals surface area (Å²) in [5, 5.41) is 14.7. The van der Waals surface area contributed by atoms with Crippen LogP contribution < -0.4 is 5.32 Å². The summed E-state index contributed by atoms with van der Waals surface area (Å²) in [4.78, 5) is 74.0. The molecule has 7 atom stereocenters. The molecule has 12 heteroatoms. The van der Waals surface area contributed by atoms with Crippen molar-refractivity contribution in [1.29, 1.82) is 0 Å². The fourth-order valence-electron chi connectivity index (χ4n) is 7.51. The molecule has 0 unspecified atom stereocenters. The fraction of sp³-hybridized carbons (Fsp3) is 0.667. The highest BCUT2D eigenvalue weighted by Gasteiger charge is 2.37. The first-order valence-electron chi connectivity index (χ1n) is 19.8. The van der Waals surface area contributed by atoms with Gasteiger partial charge in [-0.1, -0.05) is 85.1 Å². The number of piperidine rings is 1. The lowest BCUT2D eigenvalue weighted by Gasteiger charge is -2.37. The molecule has 1 aromatic carbocycles. The molecule has 3 rings (SSSR count). The predicted octanol–water partition coefficient (Wildman–Crippen LogP) is 7.13. The number of carboxylic acids is 1. The zero-order valence-corrected chi connectivity index (χ0v) is 34.7. The molecule has 0 bridgehead atoms. The molecule has 2 amide bonds. The van der Waals surface area contributed by atoms with E-state index in [2.05, 4.69) is 34.3 Å². The molecule has 2 N–H and O–H groups in total. The maximum absolute atomic E-state index is 14.3. The maximum atomic E-state index is 14.3. The zero-order chi connectivity index (χ0) is 40.1. The SMILES string of the molecule is CCCc1ccc(C[C@@H](C[C@H](C)C(=O)O)NC(=O)c2csc([C@@H](C[C@H](C(C)C)N(C)C(=O)[C@@H](CC(=O)[C@H]3CCCCN3C)[C@@H](C)CC)OC(C)=O)n2)cc1. The quantitative estimate of drug-likeness (QED) is 0.127. The van der Waals surface area contributed by atoms with Gasteiger partial charge in [-0.05, 0) is 68.7 Å². The van der Waals surface area contributed by atoms with Gasteiger partial charge in [0.1, 0.15) is 10.7 Å². The van der Waals surface area contributed by atoms with E-state index in [1.165, 1.54) is 23.8 Å². The van der Waals surface area contributed by atoms with Gasteiger partial charge in [0.2, 0.25) is 5.91 Å². The molecular weight excluding hydrogens is 705 g/mol. The second kappa shape index (κ2) is 21.5. The second-order valence-corrected chi connectivity index (χ2v) is 16.6. The lowest BCUT2D eigenvalue weighted by molar-refractivity contribution is -0.149. The molecule has 1 fully saturated rings. The van der Waals surface area contributed by atoms with Crippen LogP contribution in [-0.2, 0) is 36.8 Å². The van der Waals surface area contributed by atoms with Crippen LogP contribution >= 0.6 is 11.3 Å². The molecule has 11 nitrogen and oxygen atoms in total. The number of likely N-dealkylation sites (tertiary alicyclic amines) is 1. The third-order valence-electron chi connectivity index (χ3n) is 11.1. The monoisotopic (exact) mass is 768 g/mol. The van der Waals surface area contributed by atoms with E-state index in [1.807, 2.05) is 46.9 Å². The van der Waals surface area contributed by atoms with Gasteiger partial charge in [-0.25, -0.2) is 4.98 Å². The molecular formula is C42H64N4O7S. The number of Topliss-reactive ketones (excluding diaryl/α,β-unsaturated/α-hetero) is 1. The number of amides is 2. The van der Waals surface area contributed by atoms with Gasteiger partial charge in [0.05, 0.1) is 12.0 Å². The number of carbonyl (C=O) groups excluding carboxylic acids is 4. The van der Waals surface area contributed by atoms with E-state index in [1.54, 1.807) is 24.3 Å². The van der Waals surface area contributed by atoms with Gasteiger partial charge in [0, 0.05) is 50.2 Å². The van der Waals surface area contributed by atoms with Gasteiger partial charge in [-0.3, -0.25) is 28.9 Å². The molecule has 1 aromatic heterocycles. The Balaban J connectivity index is 1.81. The van der Waals surface area contributed by atoms with Crippen molar-refractivity contribution in [2.24, 2.45) is 23.7 Å². The van der Waals surface area contributed by atoms with E-state index in [0.717, 1.165) is 50.6 Å². The number of nitrogens with one attached hydrogen (secondary N) is 1. The minimum atomic E-state index is -0.935. The summed E-state index contributed by atoms with van der Waals surface area (Å²) in [5.41, 5.74) is 2.36. The Morgan fingerprint density at radius 2 is 1.70 bits per heavy atom. The van der Waals surface area contributed by atoms with Crippen molar-refractivity contribution >= 4 is 40.9 Å². The number of ketones is 1. The highest BCUT2D eigenvalue weighted by Crippen LogP contribution is 2.33. The van der Waals surface area contributed by atoms with Crippen LogP contribution in [0.5, 0.6) is 0 Å². The lowest BCUT2D eigenvalue weighted by Crippen LogP contribution is -2.48. The fourth-order valence-corrected chi connectivity index (χ4v) is 8.35. The molecule has 1 saturated heterocycles. The first kappa shape index (κ1) is 44.8. The molecule has 0 radical (unpaired) electrons. The van der Waals surface area contributed by atoms with Crippen molar-refractivity contribution < 1.29 is 33.8 Å². The van der Waals surface area contributed by atoms with E-state index in [4.69, 9.17) is 4.74 Å². The summed E-state index contributed by atoms with van der Waals surface area (Å²) in [5.74, 6) is -3.05. The normalized spacial score (nSPS) is 18.2. The first-order chi connectivity index (χ1) is 25.6. The standard InChI is InChI=1S/C42H64N4O7S/c1-10-14-30-16-18-31(19-17-30)22-32(21-28(6)42(51)52)43-39(49)34-25-54-40(44-34)38(53-29(7)47)24-36(26(3)4)46(9)41(50)33(27(5)11-2)23-37(48)35-15-12-13-20-45(35)8/h16-19,25-28,32-33,35-36,38H,10-15,20-24H2,1-9H3,(H,43,49)(H,51,52)/t27-,28-,32+,33-,35+,36+,38+/m0/s1. The number of hydrogen-bond acceptors (Lipinski definition) is 9. The molecule has 1 aliphatic rings. The smallest absolute Gasteiger partial charge is 0.306 e. The number of hydrogen-bond donors (Lipinski definition) is 2. The molecule has 1 aliphatic heterocycles. The van der Waals surface area contributed by atoms with Crippen molar-refractivity contribution in [1.82, 2.24) is 20.1 Å². The number of aromatic nitrogens is 1. The highest BCUT2D eigenvalue weighted by atomic mass is 32.1. The third-order valence-corrected chi connectivity index (χ3v) is 12.0. The Kier molecular flexibility index (Phi) is 17.8. The lowest BCUT2D eigenvalue weighted by atomic mass is 9.83. The Bertz CT molecular complexity index is 1540. The van der Waals surface area contributed by atoms with E-state index < -0.39 is 41.8 Å². The van der Waals surface area contributed by atoms with Crippen molar-refractivity contribution in [3.8, 4) is 0 Å². The number of carbonyl (C=O) groups is 5. The number of thiazole rings is 1. The van der Waals surface area contributed by atoms with Crippen LogP contribution in [0.15, 0.2) is 29.6 Å². The van der Waals surface area contributed by atoms with Crippen LogP contribution in [0.4, 0.5) is 0 Å². The number of carboxylic acid groups (broad SMARTS) is 1. The van der Waals surface area contributed by atoms with Gasteiger partial charge in [-0.2, -0.15) is 0 Å². The number of esters is 1. The van der Waals surface area contributed by atoms with Gasteiger partial charge in [-0.15, -0.1) is 11.3 Å². The summed E-state index contributed by atoms with van der Waals surface area (Å²) in [6.45, 7) is 14.0. The Hall–Kier alpha value is -3.64. The summed E-state index contributed by atoms with van der Waals surface area (Å²) in [6.07, 6.45) is 5.98. The first-order valence-corrected chi connectivity index (χ1v) is 20.7. The van der Waals surface area contributed by atoms with E-state index in [9.17, 15) is 29.1 Å². The van der Waals surface area contributed by atoms with Gasteiger partial charge in [0.25, 0.3) is 5.91 Å². The topological polar surface area (TPSA) is 146 Å². The Morgan fingerprint density at radius 1 is 1.04 bits per heavy atom. The summed E-state index contributed by atoms with van der Waals surface area (Å²) >= 11 is 1.20. The summed E-state index contributed by atoms with van der Waals surface area (Å²) < 4.78 is 5.81. The summed E-state index contributed by atoms with van der Waals surface area (Å²) in [6, 6.07) is 7.20. The van der Waals surface area contributed by atoms with Crippen molar-refractivity contribution in [2.45, 2.75) is 137 Å². The highest BCUT2D eigenvalue weighted by molar-refractivity contribution is 7.09. The average molecular weight is 769 g/mol. The molecule has 300 valence electrons. The van der Waals surface area contributed by atoms with Crippen LogP contribution in [-0.4, -0.2) is 88.2 Å². The molecule has 54 heavy (non-hydrogen) atoms. The molecule has 2 heterocycles. The Morgan fingerprint density at radius 3 is 2.28 bits per heavy atom. The minimum Gasteiger partial charge on any atom is -0.481 e. The number of rotatable bonds is 21. The van der Waals surface area contributed by atoms with Crippen LogP contribution in [0.1, 0.15) is 133 Å². The third kappa shape index (κ3) is 13.0. The average Bonchev–Trinajstić information content (AvgIpc) is 3.63. The maximum Gasteiger partial charge on any atom is 0.306 e. The van der Waals surface area contributed by atoms with Crippen molar-refractivity contribution in [3.05, 3.63) is 51.5 Å². The number of aliphatic carboxylic acids is 1. The van der Waals surface area contributed by atoms with Crippen molar-refractivity contribution in [3.63, 3.8) is 0 Å². The molecule has 2 aromatic rings. The van der Waals surface area contributed by atoms with Crippen LogP contribution in [0.25, 0.3) is 0 Å².